The molecule has 3 N–H and O–H groups in total. The Balaban J connectivity index is 2.80. The summed E-state index contributed by atoms with van der Waals surface area (Å²) in [5.41, 5.74) is -1.65. The average molecular weight is 358 g/mol. The highest BCUT2D eigenvalue weighted by Gasteiger charge is 2.23. The molecule has 2 amide bonds. The lowest BCUT2D eigenvalue weighted by molar-refractivity contribution is -0.137. The summed E-state index contributed by atoms with van der Waals surface area (Å²) in [6.07, 6.45) is 0.0895. The highest BCUT2D eigenvalue weighted by atomic mass is 19.1. The fraction of sp³-hybridized carbons (Fsp3) is 0.529. The number of halogens is 2. The van der Waals surface area contributed by atoms with Crippen LogP contribution in [0.3, 0.4) is 0 Å². The van der Waals surface area contributed by atoms with Crippen LogP contribution in [0.4, 0.5) is 19.3 Å². The average Bonchev–Trinajstić information content (AvgIpc) is 2.39. The lowest BCUT2D eigenvalue weighted by atomic mass is 9.99. The lowest BCUT2D eigenvalue weighted by Crippen LogP contribution is -2.45. The number of carbonyl (C=O) groups excluding carboxylic acids is 1. The second-order valence-electron chi connectivity index (χ2n) is 7.34. The van der Waals surface area contributed by atoms with E-state index < -0.39 is 40.5 Å². The van der Waals surface area contributed by atoms with E-state index in [0.29, 0.717) is 0 Å². The van der Waals surface area contributed by atoms with Gasteiger partial charge in [-0.25, -0.2) is 13.6 Å². The van der Waals surface area contributed by atoms with Gasteiger partial charge in [0.05, 0.1) is 0 Å². The third kappa shape index (κ3) is 7.36. The van der Waals surface area contributed by atoms with Gasteiger partial charge in [0.2, 0.25) is 0 Å². The summed E-state index contributed by atoms with van der Waals surface area (Å²) in [5, 5.41) is 13.6. The van der Waals surface area contributed by atoms with Crippen molar-refractivity contribution >= 4 is 17.7 Å². The maximum atomic E-state index is 14.0. The smallest absolute Gasteiger partial charge is 0.319 e. The van der Waals surface area contributed by atoms with Crippen LogP contribution in [0.5, 0.6) is 5.75 Å². The Morgan fingerprint density at radius 1 is 1.12 bits per heavy atom. The molecule has 0 aliphatic carbocycles. The van der Waals surface area contributed by atoms with Crippen LogP contribution in [0.25, 0.3) is 0 Å². The molecule has 0 unspecified atom stereocenters. The third-order valence-corrected chi connectivity index (χ3v) is 3.08. The molecule has 0 saturated carbocycles. The summed E-state index contributed by atoms with van der Waals surface area (Å²) in [5.74, 6) is -3.36. The fourth-order valence-electron chi connectivity index (χ4n) is 1.99. The first-order valence-electron chi connectivity index (χ1n) is 7.78. The second kappa shape index (κ2) is 7.67. The number of nitrogens with one attached hydrogen (secondary N) is 2. The van der Waals surface area contributed by atoms with Crippen molar-refractivity contribution in [3.8, 4) is 5.75 Å². The van der Waals surface area contributed by atoms with Crippen LogP contribution in [0.2, 0.25) is 0 Å². The number of carboxylic acids is 1. The van der Waals surface area contributed by atoms with Gasteiger partial charge in [-0.05, 0) is 41.0 Å². The van der Waals surface area contributed by atoms with E-state index in [0.717, 1.165) is 12.1 Å². The van der Waals surface area contributed by atoms with Crippen molar-refractivity contribution in [1.82, 2.24) is 5.32 Å². The largest absolute Gasteiger partial charge is 0.482 e. The van der Waals surface area contributed by atoms with E-state index in [1.54, 1.807) is 34.6 Å². The van der Waals surface area contributed by atoms with Crippen molar-refractivity contribution in [3.63, 3.8) is 0 Å². The van der Waals surface area contributed by atoms with Crippen LogP contribution in [-0.2, 0) is 4.79 Å². The van der Waals surface area contributed by atoms with Gasteiger partial charge in [0.15, 0.2) is 17.4 Å². The Morgan fingerprint density at radius 3 is 2.08 bits per heavy atom. The minimum Gasteiger partial charge on any atom is -0.482 e. The standard InChI is InChI=1S/C17H24F2N2O4/c1-16(2,3)25-14-11(18)8-10(9-12(14)19)20-15(24)21-17(4,5)7-6-13(22)23/h8-9H,6-7H2,1-5H3,(H,22,23)(H2,20,21,24). The molecular formula is C17H24F2N2O4. The highest BCUT2D eigenvalue weighted by molar-refractivity contribution is 5.89. The van der Waals surface area contributed by atoms with Gasteiger partial charge in [0, 0.05) is 29.8 Å². The predicted molar refractivity (Wildman–Crippen MR) is 89.8 cm³/mol. The summed E-state index contributed by atoms with van der Waals surface area (Å²) in [6, 6.07) is 1.21. The molecule has 140 valence electrons. The molecule has 0 radical (unpaired) electrons. The van der Waals surface area contributed by atoms with Crippen LogP contribution >= 0.6 is 0 Å². The van der Waals surface area contributed by atoms with Crippen molar-refractivity contribution in [3.05, 3.63) is 23.8 Å². The van der Waals surface area contributed by atoms with Gasteiger partial charge in [0.25, 0.3) is 0 Å². The molecule has 0 bridgehead atoms. The molecule has 25 heavy (non-hydrogen) atoms. The number of aliphatic carboxylic acids is 1. The van der Waals surface area contributed by atoms with E-state index in [-0.39, 0.29) is 18.5 Å². The van der Waals surface area contributed by atoms with Crippen molar-refractivity contribution < 1.29 is 28.2 Å². The number of amides is 2. The zero-order chi connectivity index (χ0) is 19.4. The first-order valence-corrected chi connectivity index (χ1v) is 7.78. The number of urea groups is 1. The van der Waals surface area contributed by atoms with Gasteiger partial charge in [-0.15, -0.1) is 0 Å². The van der Waals surface area contributed by atoms with E-state index >= 15 is 0 Å². The third-order valence-electron chi connectivity index (χ3n) is 3.08. The topological polar surface area (TPSA) is 87.7 Å². The van der Waals surface area contributed by atoms with Crippen LogP contribution in [0, 0.1) is 11.6 Å². The summed E-state index contributed by atoms with van der Waals surface area (Å²) >= 11 is 0. The van der Waals surface area contributed by atoms with E-state index in [4.69, 9.17) is 9.84 Å². The Hall–Kier alpha value is -2.38. The number of ether oxygens (including phenoxy) is 1. The number of hydrogen-bond donors (Lipinski definition) is 3. The molecule has 1 rings (SSSR count). The molecule has 0 saturated heterocycles. The number of carbonyl (C=O) groups is 2. The molecule has 0 spiro atoms. The van der Waals surface area contributed by atoms with Crippen LogP contribution in [0.15, 0.2) is 12.1 Å². The summed E-state index contributed by atoms with van der Waals surface area (Å²) in [4.78, 5) is 22.6. The minimum atomic E-state index is -0.978. The van der Waals surface area contributed by atoms with Gasteiger partial charge >= 0.3 is 12.0 Å². The molecule has 0 fully saturated rings. The Morgan fingerprint density at radius 2 is 1.64 bits per heavy atom. The van der Waals surface area contributed by atoms with E-state index in [2.05, 4.69) is 10.6 Å². The molecular weight excluding hydrogens is 334 g/mol. The Labute approximate surface area is 145 Å². The van der Waals surface area contributed by atoms with Crippen molar-refractivity contribution in [2.45, 2.75) is 58.6 Å². The molecule has 6 nitrogen and oxygen atoms in total. The normalized spacial score (nSPS) is 11.8. The maximum Gasteiger partial charge on any atom is 0.319 e. The van der Waals surface area contributed by atoms with E-state index in [1.807, 2.05) is 0 Å². The SMILES string of the molecule is CC(C)(CCC(=O)O)NC(=O)Nc1cc(F)c(OC(C)(C)C)c(F)c1. The molecule has 0 aromatic heterocycles. The molecule has 0 atom stereocenters. The van der Waals surface area contributed by atoms with Gasteiger partial charge < -0.3 is 20.5 Å². The van der Waals surface area contributed by atoms with Gasteiger partial charge in [-0.1, -0.05) is 0 Å². The lowest BCUT2D eigenvalue weighted by Gasteiger charge is -2.26. The number of benzene rings is 1. The van der Waals surface area contributed by atoms with Crippen LogP contribution in [0.1, 0.15) is 47.5 Å². The minimum absolute atomic E-state index is 0.0807. The number of carboxylic acid groups (broad SMARTS) is 1. The molecule has 1 aromatic rings. The molecule has 1 aromatic carbocycles. The van der Waals surface area contributed by atoms with Gasteiger partial charge in [-0.2, -0.15) is 0 Å². The number of hydrogen-bond acceptors (Lipinski definition) is 3. The van der Waals surface area contributed by atoms with Crippen LogP contribution < -0.4 is 15.4 Å². The molecule has 0 aliphatic heterocycles. The number of anilines is 1. The van der Waals surface area contributed by atoms with Crippen molar-refractivity contribution in [2.24, 2.45) is 0 Å². The highest BCUT2D eigenvalue weighted by Crippen LogP contribution is 2.29. The maximum absolute atomic E-state index is 14.0. The molecule has 0 heterocycles. The van der Waals surface area contributed by atoms with Gasteiger partial charge in [0.1, 0.15) is 5.60 Å². The first kappa shape index (κ1) is 20.7. The summed E-state index contributed by atoms with van der Waals surface area (Å²) in [6.45, 7) is 8.27. The van der Waals surface area contributed by atoms with E-state index in [1.165, 1.54) is 0 Å². The van der Waals surface area contributed by atoms with Crippen molar-refractivity contribution in [1.29, 1.82) is 0 Å². The monoisotopic (exact) mass is 358 g/mol. The van der Waals surface area contributed by atoms with E-state index in [9.17, 15) is 18.4 Å². The molecule has 8 heteroatoms. The van der Waals surface area contributed by atoms with Crippen LogP contribution in [-0.4, -0.2) is 28.2 Å². The Kier molecular flexibility index (Phi) is 6.34. The quantitative estimate of drug-likeness (QED) is 0.719. The second-order valence-corrected chi connectivity index (χ2v) is 7.34. The zero-order valence-corrected chi connectivity index (χ0v) is 15.0. The van der Waals surface area contributed by atoms with Gasteiger partial charge in [-0.3, -0.25) is 4.79 Å². The summed E-state index contributed by atoms with van der Waals surface area (Å²) in [7, 11) is 0. The predicted octanol–water partition coefficient (Wildman–Crippen LogP) is 3.91. The number of rotatable bonds is 6. The zero-order valence-electron chi connectivity index (χ0n) is 15.0. The summed E-state index contributed by atoms with van der Waals surface area (Å²) < 4.78 is 33.3. The molecule has 0 aliphatic rings. The Bertz CT molecular complexity index is 632. The first-order chi connectivity index (χ1) is 11.3. The fourth-order valence-corrected chi connectivity index (χ4v) is 1.99. The van der Waals surface area contributed by atoms with Crippen molar-refractivity contribution in [2.75, 3.05) is 5.32 Å².